The third-order valence-corrected chi connectivity index (χ3v) is 3.28. The van der Waals surface area contributed by atoms with Crippen LogP contribution < -0.4 is 14.8 Å². The predicted molar refractivity (Wildman–Crippen MR) is 87.3 cm³/mol. The lowest BCUT2D eigenvalue weighted by atomic mass is 10.1. The number of nitro groups is 2. The number of nitrogens with zero attached hydrogens (tertiary/aromatic N) is 2. The summed E-state index contributed by atoms with van der Waals surface area (Å²) in [5.41, 5.74) is -0.342. The summed E-state index contributed by atoms with van der Waals surface area (Å²) in [6.07, 6.45) is 0. The Kier molecular flexibility index (Phi) is 5.12. The first-order valence-electron chi connectivity index (χ1n) is 6.83. The van der Waals surface area contributed by atoms with Gasteiger partial charge in [-0.2, -0.15) is 0 Å². The molecule has 0 unspecified atom stereocenters. The number of non-ortho nitro benzene ring substituents is 1. The molecule has 0 spiro atoms. The molecular weight excluding hydrogens is 334 g/mol. The Morgan fingerprint density at radius 2 is 1.64 bits per heavy atom. The smallest absolute Gasteiger partial charge is 0.311 e. The van der Waals surface area contributed by atoms with Gasteiger partial charge in [-0.1, -0.05) is 0 Å². The number of amides is 1. The monoisotopic (exact) mass is 347 g/mol. The van der Waals surface area contributed by atoms with Crippen molar-refractivity contribution in [3.8, 4) is 11.5 Å². The van der Waals surface area contributed by atoms with Crippen molar-refractivity contribution >= 4 is 23.0 Å². The molecule has 0 saturated heterocycles. The zero-order valence-corrected chi connectivity index (χ0v) is 13.2. The first kappa shape index (κ1) is 17.7. The fraction of sp³-hybridized carbons (Fsp3) is 0.133. The molecule has 0 aliphatic rings. The molecule has 0 radical (unpaired) electrons. The van der Waals surface area contributed by atoms with E-state index in [9.17, 15) is 25.0 Å². The summed E-state index contributed by atoms with van der Waals surface area (Å²) in [5, 5.41) is 24.3. The van der Waals surface area contributed by atoms with Crippen molar-refractivity contribution in [2.75, 3.05) is 19.5 Å². The van der Waals surface area contributed by atoms with Gasteiger partial charge in [0.2, 0.25) is 0 Å². The molecule has 2 aromatic rings. The highest BCUT2D eigenvalue weighted by molar-refractivity contribution is 6.05. The molecule has 0 aliphatic heterocycles. The van der Waals surface area contributed by atoms with Crippen LogP contribution in [-0.2, 0) is 0 Å². The Morgan fingerprint density at radius 1 is 0.960 bits per heavy atom. The first-order chi connectivity index (χ1) is 11.9. The Bertz CT molecular complexity index is 851. The largest absolute Gasteiger partial charge is 0.494 e. The third-order valence-electron chi connectivity index (χ3n) is 3.28. The molecule has 1 amide bonds. The van der Waals surface area contributed by atoms with Crippen molar-refractivity contribution in [2.24, 2.45) is 0 Å². The number of anilines is 1. The van der Waals surface area contributed by atoms with E-state index in [0.717, 1.165) is 12.1 Å². The molecule has 2 aromatic carbocycles. The van der Waals surface area contributed by atoms with Gasteiger partial charge >= 0.3 is 5.69 Å². The summed E-state index contributed by atoms with van der Waals surface area (Å²) in [7, 11) is 2.58. The number of methoxy groups -OCH3 is 2. The number of benzene rings is 2. The Hall–Kier alpha value is -3.69. The van der Waals surface area contributed by atoms with Gasteiger partial charge in [0.05, 0.1) is 35.8 Å². The lowest BCUT2D eigenvalue weighted by Crippen LogP contribution is -2.13. The molecule has 130 valence electrons. The van der Waals surface area contributed by atoms with E-state index < -0.39 is 15.8 Å². The average Bonchev–Trinajstić information content (AvgIpc) is 2.61. The molecule has 0 heterocycles. The second-order valence-corrected chi connectivity index (χ2v) is 4.74. The van der Waals surface area contributed by atoms with Gasteiger partial charge in [-0.15, -0.1) is 0 Å². The van der Waals surface area contributed by atoms with E-state index in [4.69, 9.17) is 9.47 Å². The van der Waals surface area contributed by atoms with Crippen molar-refractivity contribution < 1.29 is 24.1 Å². The highest BCUT2D eigenvalue weighted by Crippen LogP contribution is 2.31. The minimum absolute atomic E-state index is 0.0212. The van der Waals surface area contributed by atoms with Crippen LogP contribution in [0.4, 0.5) is 17.1 Å². The van der Waals surface area contributed by atoms with Gasteiger partial charge in [-0.3, -0.25) is 25.0 Å². The molecule has 0 saturated carbocycles. The summed E-state index contributed by atoms with van der Waals surface area (Å²) in [6, 6.07) is 7.42. The molecular formula is C15H13N3O7. The van der Waals surface area contributed by atoms with E-state index in [1.165, 1.54) is 38.5 Å². The van der Waals surface area contributed by atoms with Crippen molar-refractivity contribution in [1.82, 2.24) is 0 Å². The minimum Gasteiger partial charge on any atom is -0.494 e. The van der Waals surface area contributed by atoms with Gasteiger partial charge in [0, 0.05) is 17.7 Å². The molecule has 25 heavy (non-hydrogen) atoms. The number of hydrogen-bond acceptors (Lipinski definition) is 7. The van der Waals surface area contributed by atoms with Crippen LogP contribution in [0, 0.1) is 20.2 Å². The van der Waals surface area contributed by atoms with Gasteiger partial charge in [0.15, 0.2) is 5.75 Å². The molecule has 2 rings (SSSR count). The topological polar surface area (TPSA) is 134 Å². The number of carbonyl (C=O) groups excluding carboxylic acids is 1. The molecule has 0 bridgehead atoms. The minimum atomic E-state index is -0.665. The third kappa shape index (κ3) is 3.80. The zero-order valence-electron chi connectivity index (χ0n) is 13.2. The van der Waals surface area contributed by atoms with Gasteiger partial charge in [-0.05, 0) is 18.2 Å². The van der Waals surface area contributed by atoms with E-state index in [1.807, 2.05) is 0 Å². The summed E-state index contributed by atoms with van der Waals surface area (Å²) in [4.78, 5) is 32.8. The maximum absolute atomic E-state index is 12.3. The van der Waals surface area contributed by atoms with E-state index in [0.29, 0.717) is 0 Å². The maximum Gasteiger partial charge on any atom is 0.311 e. The number of carbonyl (C=O) groups is 1. The number of ether oxygens (including phenoxy) is 2. The lowest BCUT2D eigenvalue weighted by molar-refractivity contribution is -0.385. The number of rotatable bonds is 6. The summed E-state index contributed by atoms with van der Waals surface area (Å²) >= 11 is 0. The van der Waals surface area contributed by atoms with Crippen LogP contribution in [0.2, 0.25) is 0 Å². The molecule has 0 aromatic heterocycles. The second kappa shape index (κ2) is 7.25. The molecule has 10 nitrogen and oxygen atoms in total. The predicted octanol–water partition coefficient (Wildman–Crippen LogP) is 2.77. The van der Waals surface area contributed by atoms with E-state index in [1.54, 1.807) is 0 Å². The summed E-state index contributed by atoms with van der Waals surface area (Å²) in [6.45, 7) is 0. The SMILES string of the molecule is COc1cc([N+](=O)[O-])ccc1NC(=O)c1ccc(OC)c([N+](=O)[O-])c1. The fourth-order valence-corrected chi connectivity index (χ4v) is 2.07. The van der Waals surface area contributed by atoms with E-state index in [2.05, 4.69) is 5.32 Å². The molecule has 0 atom stereocenters. The Balaban J connectivity index is 2.32. The van der Waals surface area contributed by atoms with E-state index >= 15 is 0 Å². The van der Waals surface area contributed by atoms with E-state index in [-0.39, 0.29) is 34.1 Å². The van der Waals surface area contributed by atoms with Crippen LogP contribution in [0.3, 0.4) is 0 Å². The Labute approximate surface area is 141 Å². The van der Waals surface area contributed by atoms with Crippen molar-refractivity contribution in [1.29, 1.82) is 0 Å². The lowest BCUT2D eigenvalue weighted by Gasteiger charge is -2.10. The van der Waals surface area contributed by atoms with Gasteiger partial charge < -0.3 is 14.8 Å². The molecule has 0 aliphatic carbocycles. The number of nitrogens with one attached hydrogen (secondary N) is 1. The standard InChI is InChI=1S/C15H13N3O7/c1-24-13-6-3-9(7-12(13)18(22)23)15(19)16-11-5-4-10(17(20)21)8-14(11)25-2/h3-8H,1-2H3,(H,16,19). The average molecular weight is 347 g/mol. The normalized spacial score (nSPS) is 10.0. The van der Waals surface area contributed by atoms with Crippen LogP contribution in [-0.4, -0.2) is 30.0 Å². The van der Waals surface area contributed by atoms with Crippen LogP contribution in [0.15, 0.2) is 36.4 Å². The summed E-state index contributed by atoms with van der Waals surface area (Å²) < 4.78 is 9.90. The maximum atomic E-state index is 12.3. The summed E-state index contributed by atoms with van der Waals surface area (Å²) in [5.74, 6) is -0.530. The Morgan fingerprint density at radius 3 is 2.20 bits per heavy atom. The van der Waals surface area contributed by atoms with Gasteiger partial charge in [0.1, 0.15) is 5.75 Å². The van der Waals surface area contributed by atoms with Gasteiger partial charge in [0.25, 0.3) is 11.6 Å². The highest BCUT2D eigenvalue weighted by Gasteiger charge is 2.19. The quantitative estimate of drug-likeness (QED) is 0.627. The van der Waals surface area contributed by atoms with Gasteiger partial charge in [-0.25, -0.2) is 0 Å². The van der Waals surface area contributed by atoms with Crippen molar-refractivity contribution in [3.05, 3.63) is 62.2 Å². The highest BCUT2D eigenvalue weighted by atomic mass is 16.6. The molecule has 1 N–H and O–H groups in total. The second-order valence-electron chi connectivity index (χ2n) is 4.74. The van der Waals surface area contributed by atoms with Crippen LogP contribution in [0.5, 0.6) is 11.5 Å². The zero-order chi connectivity index (χ0) is 18.6. The first-order valence-corrected chi connectivity index (χ1v) is 6.83. The van der Waals surface area contributed by atoms with Crippen LogP contribution in [0.1, 0.15) is 10.4 Å². The van der Waals surface area contributed by atoms with Crippen molar-refractivity contribution in [3.63, 3.8) is 0 Å². The molecule has 0 fully saturated rings. The number of nitro benzene ring substituents is 2. The fourth-order valence-electron chi connectivity index (χ4n) is 2.07. The van der Waals surface area contributed by atoms with Crippen LogP contribution >= 0.6 is 0 Å². The molecule has 10 heteroatoms. The van der Waals surface area contributed by atoms with Crippen LogP contribution in [0.25, 0.3) is 0 Å². The number of hydrogen-bond donors (Lipinski definition) is 1. The van der Waals surface area contributed by atoms with Crippen molar-refractivity contribution in [2.45, 2.75) is 0 Å².